The molecule has 1 spiro atoms. The van der Waals surface area contributed by atoms with Crippen LogP contribution in [0, 0.1) is 11.3 Å². The van der Waals surface area contributed by atoms with Crippen molar-refractivity contribution in [3.63, 3.8) is 0 Å². The van der Waals surface area contributed by atoms with Crippen molar-refractivity contribution >= 4 is 14.4 Å². The summed E-state index contributed by atoms with van der Waals surface area (Å²) in [4.78, 5) is 15.5. The van der Waals surface area contributed by atoms with Crippen molar-refractivity contribution in [2.45, 2.75) is 103 Å². The molecule has 0 N–H and O–H groups in total. The molecule has 1 aromatic rings. The van der Waals surface area contributed by atoms with E-state index >= 15 is 0 Å². The molecule has 1 aromatic carbocycles. The molecule has 0 bridgehead atoms. The highest BCUT2D eigenvalue weighted by atomic mass is 28.4. The molecule has 0 saturated carbocycles. The summed E-state index contributed by atoms with van der Waals surface area (Å²) in [6.45, 7) is 17.5. The molecule has 1 aliphatic heterocycles. The zero-order valence-electron chi connectivity index (χ0n) is 20.5. The minimum Gasteiger partial charge on any atom is -0.444 e. The molecule has 1 fully saturated rings. The smallest absolute Gasteiger partial charge is 0.411 e. The number of carbonyl (C=O) groups is 1. The standard InChI is InChI=1S/C25H38N2O3Si/c1-23(2,3)30-22(28)27-19(17-29-31(7,8)24(4,5)6)12-14-25(27)15-13-20-18(16-26)10-9-11-21(20)25/h9-11,19H,12-15,17H2,1-8H3. The van der Waals surface area contributed by atoms with E-state index in [0.29, 0.717) is 6.61 Å². The van der Waals surface area contributed by atoms with Crippen molar-refractivity contribution in [2.75, 3.05) is 6.61 Å². The molecule has 170 valence electrons. The quantitative estimate of drug-likeness (QED) is 0.529. The van der Waals surface area contributed by atoms with Gasteiger partial charge >= 0.3 is 6.09 Å². The van der Waals surface area contributed by atoms with Gasteiger partial charge in [0.2, 0.25) is 0 Å². The van der Waals surface area contributed by atoms with Crippen LogP contribution in [0.5, 0.6) is 0 Å². The lowest BCUT2D eigenvalue weighted by Crippen LogP contribution is -2.52. The number of nitriles is 1. The minimum absolute atomic E-state index is 0.0272. The Balaban J connectivity index is 1.97. The van der Waals surface area contributed by atoms with Crippen molar-refractivity contribution in [1.29, 1.82) is 5.26 Å². The average molecular weight is 443 g/mol. The average Bonchev–Trinajstić information content (AvgIpc) is 3.20. The lowest BCUT2D eigenvalue weighted by Gasteiger charge is -2.42. The molecule has 5 nitrogen and oxygen atoms in total. The molecule has 1 heterocycles. The molecule has 1 amide bonds. The van der Waals surface area contributed by atoms with Crippen LogP contribution in [-0.4, -0.2) is 37.6 Å². The van der Waals surface area contributed by atoms with Gasteiger partial charge < -0.3 is 9.16 Å². The van der Waals surface area contributed by atoms with Crippen LogP contribution in [0.2, 0.25) is 18.1 Å². The van der Waals surface area contributed by atoms with Gasteiger partial charge in [0.15, 0.2) is 8.32 Å². The highest BCUT2D eigenvalue weighted by molar-refractivity contribution is 6.74. The van der Waals surface area contributed by atoms with Gasteiger partial charge in [-0.3, -0.25) is 4.90 Å². The van der Waals surface area contributed by atoms with Crippen LogP contribution in [0.1, 0.15) is 77.5 Å². The molecule has 2 aliphatic rings. The topological polar surface area (TPSA) is 62.6 Å². The second-order valence-electron chi connectivity index (χ2n) is 11.6. The zero-order valence-corrected chi connectivity index (χ0v) is 21.5. The van der Waals surface area contributed by atoms with Gasteiger partial charge in [-0.2, -0.15) is 5.26 Å². The molecule has 3 rings (SSSR count). The summed E-state index contributed by atoms with van der Waals surface area (Å²) in [5.41, 5.74) is 1.95. The van der Waals surface area contributed by atoms with Crippen LogP contribution in [0.3, 0.4) is 0 Å². The first-order chi connectivity index (χ1) is 14.2. The van der Waals surface area contributed by atoms with Crippen LogP contribution >= 0.6 is 0 Å². The number of likely N-dealkylation sites (tertiary alicyclic amines) is 1. The predicted octanol–water partition coefficient (Wildman–Crippen LogP) is 6.12. The summed E-state index contributed by atoms with van der Waals surface area (Å²) in [5.74, 6) is 0. The monoisotopic (exact) mass is 442 g/mol. The maximum atomic E-state index is 13.5. The SMILES string of the molecule is CC(C)(C)OC(=O)N1C(CO[Si](C)(C)C(C)(C)C)CCC12CCc1c(C#N)cccc12. The fourth-order valence-corrected chi connectivity index (χ4v) is 5.73. The van der Waals surface area contributed by atoms with Crippen molar-refractivity contribution in [2.24, 2.45) is 0 Å². The van der Waals surface area contributed by atoms with E-state index in [4.69, 9.17) is 9.16 Å². The normalized spacial score (nSPS) is 23.7. The van der Waals surface area contributed by atoms with Crippen molar-refractivity contribution < 1.29 is 14.0 Å². The third-order valence-corrected chi connectivity index (χ3v) is 11.8. The maximum Gasteiger partial charge on any atom is 0.411 e. The van der Waals surface area contributed by atoms with Crippen molar-refractivity contribution in [3.8, 4) is 6.07 Å². The van der Waals surface area contributed by atoms with Gasteiger partial charge in [0.05, 0.1) is 29.8 Å². The first-order valence-corrected chi connectivity index (χ1v) is 14.3. The van der Waals surface area contributed by atoms with Crippen LogP contribution in [0.25, 0.3) is 0 Å². The Morgan fingerprint density at radius 2 is 1.90 bits per heavy atom. The first-order valence-electron chi connectivity index (χ1n) is 11.4. The summed E-state index contributed by atoms with van der Waals surface area (Å²) >= 11 is 0. The number of benzene rings is 1. The van der Waals surface area contributed by atoms with E-state index in [-0.39, 0.29) is 17.2 Å². The Morgan fingerprint density at radius 3 is 2.48 bits per heavy atom. The van der Waals surface area contributed by atoms with Gasteiger partial charge in [-0.25, -0.2) is 4.79 Å². The second-order valence-corrected chi connectivity index (χ2v) is 16.4. The van der Waals surface area contributed by atoms with Crippen LogP contribution in [0.4, 0.5) is 4.79 Å². The molecule has 6 heteroatoms. The molecule has 1 saturated heterocycles. The Bertz CT molecular complexity index is 891. The highest BCUT2D eigenvalue weighted by Gasteiger charge is 2.54. The fraction of sp³-hybridized carbons (Fsp3) is 0.680. The number of nitrogens with zero attached hydrogens (tertiary/aromatic N) is 2. The molecular formula is C25H38N2O3Si. The van der Waals surface area contributed by atoms with Crippen molar-refractivity contribution in [1.82, 2.24) is 4.90 Å². The van der Waals surface area contributed by atoms with Gasteiger partial charge in [0.1, 0.15) is 5.60 Å². The van der Waals surface area contributed by atoms with Gasteiger partial charge in [-0.1, -0.05) is 32.9 Å². The van der Waals surface area contributed by atoms with Gasteiger partial charge in [0.25, 0.3) is 0 Å². The number of rotatable bonds is 3. The number of ether oxygens (including phenoxy) is 1. The molecule has 0 radical (unpaired) electrons. The van der Waals surface area contributed by atoms with Crippen LogP contribution in [-0.2, 0) is 21.1 Å². The van der Waals surface area contributed by atoms with Gasteiger partial charge in [0, 0.05) is 0 Å². The first kappa shape index (κ1) is 23.8. The number of hydrogen-bond donors (Lipinski definition) is 0. The predicted molar refractivity (Wildman–Crippen MR) is 125 cm³/mol. The van der Waals surface area contributed by atoms with E-state index in [2.05, 4.69) is 46.0 Å². The number of carbonyl (C=O) groups excluding carboxylic acids is 1. The van der Waals surface area contributed by atoms with Crippen LogP contribution < -0.4 is 0 Å². The number of hydrogen-bond acceptors (Lipinski definition) is 4. The van der Waals surface area contributed by atoms with E-state index in [9.17, 15) is 10.1 Å². The zero-order chi connectivity index (χ0) is 23.2. The summed E-state index contributed by atoms with van der Waals surface area (Å²) in [6, 6.07) is 8.22. The van der Waals surface area contributed by atoms with E-state index in [0.717, 1.165) is 42.4 Å². The lowest BCUT2D eigenvalue weighted by atomic mass is 9.88. The fourth-order valence-electron chi connectivity index (χ4n) is 4.69. The van der Waals surface area contributed by atoms with E-state index in [1.807, 2.05) is 37.8 Å². The van der Waals surface area contributed by atoms with Crippen LogP contribution in [0.15, 0.2) is 18.2 Å². The lowest BCUT2D eigenvalue weighted by molar-refractivity contribution is -0.00912. The van der Waals surface area contributed by atoms with Gasteiger partial charge in [-0.05, 0) is 81.8 Å². The van der Waals surface area contributed by atoms with E-state index < -0.39 is 19.5 Å². The molecule has 2 atom stereocenters. The Labute approximate surface area is 188 Å². The van der Waals surface area contributed by atoms with E-state index in [1.165, 1.54) is 0 Å². The van der Waals surface area contributed by atoms with E-state index in [1.54, 1.807) is 0 Å². The third-order valence-electron chi connectivity index (χ3n) is 7.34. The molecule has 0 aromatic heterocycles. The summed E-state index contributed by atoms with van der Waals surface area (Å²) in [5, 5.41) is 9.71. The van der Waals surface area contributed by atoms with Crippen molar-refractivity contribution in [3.05, 3.63) is 34.9 Å². The number of fused-ring (bicyclic) bond motifs is 2. The molecule has 31 heavy (non-hydrogen) atoms. The molecular weight excluding hydrogens is 404 g/mol. The minimum atomic E-state index is -1.94. The summed E-state index contributed by atoms with van der Waals surface area (Å²) in [7, 11) is -1.94. The number of amides is 1. The highest BCUT2D eigenvalue weighted by Crippen LogP contribution is 2.52. The molecule has 1 aliphatic carbocycles. The Kier molecular flexibility index (Phi) is 6.10. The molecule has 2 unspecified atom stereocenters. The Morgan fingerprint density at radius 1 is 1.23 bits per heavy atom. The Hall–Kier alpha value is -1.84. The summed E-state index contributed by atoms with van der Waals surface area (Å²) < 4.78 is 12.4. The maximum absolute atomic E-state index is 13.5. The summed E-state index contributed by atoms with van der Waals surface area (Å²) in [6.07, 6.45) is 3.12. The van der Waals surface area contributed by atoms with Gasteiger partial charge in [-0.15, -0.1) is 0 Å². The largest absolute Gasteiger partial charge is 0.444 e. The third kappa shape index (κ3) is 4.40. The second kappa shape index (κ2) is 7.93.